The van der Waals surface area contributed by atoms with Gasteiger partial charge in [0.05, 0.1) is 21.7 Å². The van der Waals surface area contributed by atoms with Gasteiger partial charge in [-0.05, 0) is 36.4 Å². The number of halogens is 1. The normalized spacial score (nSPS) is 13.7. The predicted octanol–water partition coefficient (Wildman–Crippen LogP) is 1.46. The Bertz CT molecular complexity index is 1030. The molecule has 2 aromatic carbocycles. The van der Waals surface area contributed by atoms with E-state index in [-0.39, 0.29) is 21.7 Å². The first-order valence-corrected chi connectivity index (χ1v) is 9.09. The zero-order chi connectivity index (χ0) is 19.1. The quantitative estimate of drug-likeness (QED) is 0.643. The molecule has 2 aromatic rings. The molecule has 3 rings (SSSR count). The molecule has 1 aliphatic heterocycles. The summed E-state index contributed by atoms with van der Waals surface area (Å²) in [6.07, 6.45) is 0. The lowest BCUT2D eigenvalue weighted by atomic mass is 10.1. The summed E-state index contributed by atoms with van der Waals surface area (Å²) < 4.78 is 37.4. The molecular weight excluding hydrogens is 363 g/mol. The first-order chi connectivity index (χ1) is 12.2. The van der Waals surface area contributed by atoms with Gasteiger partial charge in [-0.3, -0.25) is 19.3 Å². The molecule has 3 amide bonds. The van der Waals surface area contributed by atoms with Crippen LogP contribution in [0.15, 0.2) is 47.4 Å². The highest BCUT2D eigenvalue weighted by Gasteiger charge is 2.35. The minimum atomic E-state index is -3.99. The van der Waals surface area contributed by atoms with Crippen molar-refractivity contribution < 1.29 is 27.2 Å². The molecule has 1 aliphatic rings. The molecule has 0 atom stereocenters. The Morgan fingerprint density at radius 2 is 1.73 bits per heavy atom. The molecule has 26 heavy (non-hydrogen) atoms. The highest BCUT2D eigenvalue weighted by atomic mass is 32.2. The Kier molecular flexibility index (Phi) is 4.33. The number of rotatable bonds is 4. The van der Waals surface area contributed by atoms with E-state index in [0.29, 0.717) is 0 Å². The highest BCUT2D eigenvalue weighted by molar-refractivity contribution is 7.92. The molecule has 0 radical (unpaired) electrons. The number of nitrogens with one attached hydrogen (secondary N) is 1. The fraction of sp³-hybridized carbons (Fsp3) is 0.118. The van der Waals surface area contributed by atoms with Crippen LogP contribution in [0, 0.1) is 5.82 Å². The largest absolute Gasteiger partial charge is 0.324 e. The summed E-state index contributed by atoms with van der Waals surface area (Å²) in [5, 5.41) is 2.36. The average Bonchev–Trinajstić information content (AvgIpc) is 2.80. The van der Waals surface area contributed by atoms with Gasteiger partial charge in [0, 0.05) is 7.05 Å². The molecular formula is C17H13FN2O5S. The van der Waals surface area contributed by atoms with Crippen molar-refractivity contribution in [2.24, 2.45) is 0 Å². The first kappa shape index (κ1) is 17.7. The van der Waals surface area contributed by atoms with E-state index in [0.717, 1.165) is 29.2 Å². The zero-order valence-electron chi connectivity index (χ0n) is 13.5. The van der Waals surface area contributed by atoms with Crippen molar-refractivity contribution in [3.05, 3.63) is 59.4 Å². The van der Waals surface area contributed by atoms with Crippen LogP contribution in [0.5, 0.6) is 0 Å². The smallest absolute Gasteiger partial charge is 0.263 e. The van der Waals surface area contributed by atoms with Gasteiger partial charge in [0.15, 0.2) is 9.84 Å². The van der Waals surface area contributed by atoms with E-state index >= 15 is 0 Å². The Labute approximate surface area is 148 Å². The molecule has 7 nitrogen and oxygen atoms in total. The summed E-state index contributed by atoms with van der Waals surface area (Å²) in [5.41, 5.74) is 0.216. The number of benzene rings is 2. The van der Waals surface area contributed by atoms with Crippen LogP contribution in [-0.2, 0) is 14.6 Å². The summed E-state index contributed by atoms with van der Waals surface area (Å²) in [5.74, 6) is -3.44. The number of imide groups is 1. The summed E-state index contributed by atoms with van der Waals surface area (Å²) in [6.45, 7) is 0. The summed E-state index contributed by atoms with van der Waals surface area (Å²) in [4.78, 5) is 37.0. The fourth-order valence-electron chi connectivity index (χ4n) is 2.59. The maximum atomic E-state index is 12.9. The van der Waals surface area contributed by atoms with E-state index in [1.54, 1.807) is 0 Å². The maximum Gasteiger partial charge on any atom is 0.263 e. The molecule has 0 fully saturated rings. The number of carbonyl (C=O) groups is 3. The van der Waals surface area contributed by atoms with Crippen LogP contribution in [0.3, 0.4) is 0 Å². The van der Waals surface area contributed by atoms with Crippen molar-refractivity contribution in [3.63, 3.8) is 0 Å². The number of sulfone groups is 1. The average molecular weight is 376 g/mol. The number of carbonyl (C=O) groups excluding carboxylic acids is 3. The van der Waals surface area contributed by atoms with Crippen LogP contribution in [0.2, 0.25) is 0 Å². The van der Waals surface area contributed by atoms with Gasteiger partial charge in [-0.25, -0.2) is 12.8 Å². The molecule has 0 bridgehead atoms. The van der Waals surface area contributed by atoms with Gasteiger partial charge in [0.2, 0.25) is 5.91 Å². The van der Waals surface area contributed by atoms with Gasteiger partial charge in [-0.15, -0.1) is 0 Å². The minimum absolute atomic E-state index is 0.0209. The first-order valence-electron chi connectivity index (χ1n) is 7.44. The fourth-order valence-corrected chi connectivity index (χ4v) is 3.72. The van der Waals surface area contributed by atoms with Crippen molar-refractivity contribution in [3.8, 4) is 0 Å². The standard InChI is InChI=1S/C17H13FN2O5S/c1-20-16(22)12-3-2-4-13(15(12)17(20)23)19-14(21)9-26(24,25)11-7-5-10(18)6-8-11/h2-8H,9H2,1H3,(H,19,21). The third kappa shape index (κ3) is 3.08. The zero-order valence-corrected chi connectivity index (χ0v) is 14.3. The number of hydrogen-bond donors (Lipinski definition) is 1. The lowest BCUT2D eigenvalue weighted by Gasteiger charge is -2.09. The van der Waals surface area contributed by atoms with Gasteiger partial charge in [0.25, 0.3) is 11.8 Å². The molecule has 1 heterocycles. The van der Waals surface area contributed by atoms with Gasteiger partial charge in [0.1, 0.15) is 11.6 Å². The van der Waals surface area contributed by atoms with E-state index in [9.17, 15) is 27.2 Å². The lowest BCUT2D eigenvalue weighted by molar-refractivity contribution is -0.113. The predicted molar refractivity (Wildman–Crippen MR) is 89.9 cm³/mol. The summed E-state index contributed by atoms with van der Waals surface area (Å²) >= 11 is 0. The van der Waals surface area contributed by atoms with Crippen LogP contribution < -0.4 is 5.32 Å². The van der Waals surface area contributed by atoms with Crippen LogP contribution >= 0.6 is 0 Å². The van der Waals surface area contributed by atoms with E-state index in [4.69, 9.17) is 0 Å². The van der Waals surface area contributed by atoms with E-state index in [1.807, 2.05) is 0 Å². The molecule has 0 spiro atoms. The van der Waals surface area contributed by atoms with Crippen LogP contribution in [0.1, 0.15) is 20.7 Å². The SMILES string of the molecule is CN1C(=O)c2cccc(NC(=O)CS(=O)(=O)c3ccc(F)cc3)c2C1=O. The van der Waals surface area contributed by atoms with Gasteiger partial charge >= 0.3 is 0 Å². The number of nitrogens with zero attached hydrogens (tertiary/aromatic N) is 1. The number of anilines is 1. The van der Waals surface area contributed by atoms with Gasteiger partial charge in [-0.2, -0.15) is 0 Å². The molecule has 0 aromatic heterocycles. The topological polar surface area (TPSA) is 101 Å². The summed E-state index contributed by atoms with van der Waals surface area (Å²) in [7, 11) is -2.67. The van der Waals surface area contributed by atoms with Crippen LogP contribution in [0.25, 0.3) is 0 Å². The number of hydrogen-bond acceptors (Lipinski definition) is 5. The molecule has 0 saturated heterocycles. The van der Waals surface area contributed by atoms with E-state index in [2.05, 4.69) is 5.32 Å². The molecule has 1 N–H and O–H groups in total. The van der Waals surface area contributed by atoms with E-state index < -0.39 is 39.1 Å². The van der Waals surface area contributed by atoms with E-state index in [1.165, 1.54) is 25.2 Å². The highest BCUT2D eigenvalue weighted by Crippen LogP contribution is 2.28. The molecule has 0 unspecified atom stereocenters. The lowest BCUT2D eigenvalue weighted by Crippen LogP contribution is -2.26. The third-order valence-electron chi connectivity index (χ3n) is 3.89. The Morgan fingerprint density at radius 3 is 2.38 bits per heavy atom. The number of fused-ring (bicyclic) bond motifs is 1. The molecule has 9 heteroatoms. The van der Waals surface area contributed by atoms with Crippen molar-refractivity contribution in [2.75, 3.05) is 18.1 Å². The Hall–Kier alpha value is -3.07. The second-order valence-corrected chi connectivity index (χ2v) is 7.65. The van der Waals surface area contributed by atoms with Crippen LogP contribution in [0.4, 0.5) is 10.1 Å². The van der Waals surface area contributed by atoms with Crippen LogP contribution in [-0.4, -0.2) is 43.8 Å². The Balaban J connectivity index is 1.83. The van der Waals surface area contributed by atoms with Crippen molar-refractivity contribution >= 4 is 33.2 Å². The maximum absolute atomic E-state index is 12.9. The monoisotopic (exact) mass is 376 g/mol. The summed E-state index contributed by atoms with van der Waals surface area (Å²) in [6, 6.07) is 8.43. The molecule has 0 aliphatic carbocycles. The van der Waals surface area contributed by atoms with Gasteiger partial charge < -0.3 is 5.32 Å². The molecule has 0 saturated carbocycles. The van der Waals surface area contributed by atoms with Crippen molar-refractivity contribution in [1.29, 1.82) is 0 Å². The second-order valence-electron chi connectivity index (χ2n) is 5.66. The second kappa shape index (κ2) is 6.34. The Morgan fingerprint density at radius 1 is 1.08 bits per heavy atom. The van der Waals surface area contributed by atoms with Crippen molar-refractivity contribution in [1.82, 2.24) is 4.90 Å². The minimum Gasteiger partial charge on any atom is -0.324 e. The third-order valence-corrected chi connectivity index (χ3v) is 5.52. The van der Waals surface area contributed by atoms with Crippen molar-refractivity contribution in [2.45, 2.75) is 4.90 Å². The molecule has 134 valence electrons. The van der Waals surface area contributed by atoms with Gasteiger partial charge in [-0.1, -0.05) is 6.07 Å². The number of amides is 3.